The lowest BCUT2D eigenvalue weighted by molar-refractivity contribution is -0.122. The summed E-state index contributed by atoms with van der Waals surface area (Å²) >= 11 is 0. The fourth-order valence-electron chi connectivity index (χ4n) is 2.33. The van der Waals surface area contributed by atoms with Gasteiger partial charge in [-0.3, -0.25) is 4.79 Å². The molecule has 0 bridgehead atoms. The van der Waals surface area contributed by atoms with Crippen LogP contribution in [0.15, 0.2) is 0 Å². The Morgan fingerprint density at radius 1 is 1.29 bits per heavy atom. The van der Waals surface area contributed by atoms with Gasteiger partial charge in [-0.15, -0.1) is 0 Å². The first-order chi connectivity index (χ1) is 8.00. The highest BCUT2D eigenvalue weighted by atomic mass is 32.2. The van der Waals surface area contributed by atoms with Crippen LogP contribution in [0.2, 0.25) is 0 Å². The molecule has 17 heavy (non-hydrogen) atoms. The van der Waals surface area contributed by atoms with Gasteiger partial charge in [0.05, 0.1) is 6.54 Å². The number of piperidine rings is 1. The summed E-state index contributed by atoms with van der Waals surface area (Å²) in [6, 6.07) is 0. The summed E-state index contributed by atoms with van der Waals surface area (Å²) in [6.07, 6.45) is 1.98. The van der Waals surface area contributed by atoms with Crippen LogP contribution in [0.1, 0.15) is 19.8 Å². The molecule has 7 heteroatoms. The maximum absolute atomic E-state index is 12.3. The zero-order valence-electron chi connectivity index (χ0n) is 10.1. The molecule has 0 spiro atoms. The number of nitrogens with zero attached hydrogens (tertiary/aromatic N) is 2. The molecule has 0 saturated carbocycles. The Bertz CT molecular complexity index is 396. The molecular weight excluding hydrogens is 242 g/mol. The quantitative estimate of drug-likeness (QED) is 0.721. The molecule has 2 rings (SSSR count). The number of carbonyl (C=O) groups is 1. The first-order valence-electron chi connectivity index (χ1n) is 6.02. The lowest BCUT2D eigenvalue weighted by atomic mass is 10.0. The van der Waals surface area contributed by atoms with E-state index in [0.29, 0.717) is 32.1 Å². The maximum atomic E-state index is 12.3. The third-order valence-corrected chi connectivity index (χ3v) is 5.22. The number of rotatable bonds is 2. The molecule has 0 aromatic carbocycles. The highest BCUT2D eigenvalue weighted by molar-refractivity contribution is 7.86. The molecule has 2 aliphatic rings. The summed E-state index contributed by atoms with van der Waals surface area (Å²) in [6.45, 7) is 3.93. The van der Waals surface area contributed by atoms with Gasteiger partial charge in [0, 0.05) is 26.2 Å². The van der Waals surface area contributed by atoms with Crippen LogP contribution in [0.4, 0.5) is 0 Å². The van der Waals surface area contributed by atoms with Crippen molar-refractivity contribution < 1.29 is 13.2 Å². The van der Waals surface area contributed by atoms with Gasteiger partial charge in [-0.1, -0.05) is 6.92 Å². The van der Waals surface area contributed by atoms with E-state index in [0.717, 1.165) is 12.8 Å². The summed E-state index contributed by atoms with van der Waals surface area (Å²) in [7, 11) is -3.45. The third kappa shape index (κ3) is 2.78. The SMILES string of the molecule is CC1CCCN(S(=O)(=O)N2CCNC(=O)C2)C1. The number of carbonyl (C=O) groups excluding carboxylic acids is 1. The molecule has 98 valence electrons. The van der Waals surface area contributed by atoms with E-state index < -0.39 is 10.2 Å². The molecule has 0 aromatic rings. The van der Waals surface area contributed by atoms with Crippen LogP contribution in [0.25, 0.3) is 0 Å². The van der Waals surface area contributed by atoms with Crippen molar-refractivity contribution in [2.24, 2.45) is 5.92 Å². The molecule has 2 aliphatic heterocycles. The highest BCUT2D eigenvalue weighted by Gasteiger charge is 2.34. The molecular formula is C10H19N3O3S. The topological polar surface area (TPSA) is 69.7 Å². The normalized spacial score (nSPS) is 29.0. The average Bonchev–Trinajstić information content (AvgIpc) is 2.29. The Morgan fingerprint density at radius 3 is 2.71 bits per heavy atom. The van der Waals surface area contributed by atoms with Gasteiger partial charge in [0.2, 0.25) is 5.91 Å². The Hall–Kier alpha value is -0.660. The molecule has 1 amide bonds. The zero-order valence-corrected chi connectivity index (χ0v) is 10.9. The van der Waals surface area contributed by atoms with Gasteiger partial charge in [0.1, 0.15) is 0 Å². The Balaban J connectivity index is 2.09. The molecule has 1 unspecified atom stereocenters. The van der Waals surface area contributed by atoms with Crippen molar-refractivity contribution in [3.8, 4) is 0 Å². The Morgan fingerprint density at radius 2 is 2.06 bits per heavy atom. The van der Waals surface area contributed by atoms with Crippen LogP contribution in [-0.2, 0) is 15.0 Å². The Labute approximate surface area is 102 Å². The van der Waals surface area contributed by atoms with Gasteiger partial charge >= 0.3 is 0 Å². The predicted octanol–water partition coefficient (Wildman–Crippen LogP) is -0.605. The van der Waals surface area contributed by atoms with E-state index in [2.05, 4.69) is 12.2 Å². The van der Waals surface area contributed by atoms with Crippen molar-refractivity contribution in [1.29, 1.82) is 0 Å². The summed E-state index contributed by atoms with van der Waals surface area (Å²) in [4.78, 5) is 11.2. The number of hydrogen-bond donors (Lipinski definition) is 1. The molecule has 2 saturated heterocycles. The smallest absolute Gasteiger partial charge is 0.282 e. The van der Waals surface area contributed by atoms with Crippen molar-refractivity contribution in [3.05, 3.63) is 0 Å². The Kier molecular flexibility index (Phi) is 3.70. The minimum atomic E-state index is -3.45. The van der Waals surface area contributed by atoms with E-state index in [1.807, 2.05) is 0 Å². The average molecular weight is 261 g/mol. The van der Waals surface area contributed by atoms with Crippen molar-refractivity contribution in [3.63, 3.8) is 0 Å². The molecule has 2 fully saturated rings. The molecule has 0 aromatic heterocycles. The van der Waals surface area contributed by atoms with Crippen LogP contribution in [0, 0.1) is 5.92 Å². The van der Waals surface area contributed by atoms with Crippen LogP contribution in [0.5, 0.6) is 0 Å². The second kappa shape index (κ2) is 4.91. The number of amides is 1. The fraction of sp³-hybridized carbons (Fsp3) is 0.900. The van der Waals surface area contributed by atoms with E-state index in [1.165, 1.54) is 8.61 Å². The molecule has 0 radical (unpaired) electrons. The molecule has 1 N–H and O–H groups in total. The zero-order chi connectivity index (χ0) is 12.5. The standard InChI is InChI=1S/C10H19N3O3S/c1-9-3-2-5-12(7-9)17(15,16)13-6-4-11-10(14)8-13/h9H,2-8H2,1H3,(H,11,14). The van der Waals surface area contributed by atoms with Gasteiger partial charge in [0.15, 0.2) is 0 Å². The highest BCUT2D eigenvalue weighted by Crippen LogP contribution is 2.20. The van der Waals surface area contributed by atoms with E-state index in [4.69, 9.17) is 0 Å². The lowest BCUT2D eigenvalue weighted by Crippen LogP contribution is -2.55. The number of hydrogen-bond acceptors (Lipinski definition) is 3. The summed E-state index contributed by atoms with van der Waals surface area (Å²) in [5, 5.41) is 2.63. The molecule has 2 heterocycles. The second-order valence-electron chi connectivity index (χ2n) is 4.80. The van der Waals surface area contributed by atoms with Gasteiger partial charge in [-0.25, -0.2) is 0 Å². The van der Waals surface area contributed by atoms with E-state index in [-0.39, 0.29) is 12.5 Å². The van der Waals surface area contributed by atoms with E-state index in [1.54, 1.807) is 0 Å². The minimum Gasteiger partial charge on any atom is -0.354 e. The van der Waals surface area contributed by atoms with Crippen molar-refractivity contribution in [1.82, 2.24) is 13.9 Å². The van der Waals surface area contributed by atoms with Gasteiger partial charge < -0.3 is 5.32 Å². The van der Waals surface area contributed by atoms with Gasteiger partial charge in [-0.05, 0) is 18.8 Å². The van der Waals surface area contributed by atoms with E-state index in [9.17, 15) is 13.2 Å². The fourth-order valence-corrected chi connectivity index (χ4v) is 4.06. The molecule has 0 aliphatic carbocycles. The second-order valence-corrected chi connectivity index (χ2v) is 6.73. The summed E-state index contributed by atoms with van der Waals surface area (Å²) in [5.41, 5.74) is 0. The predicted molar refractivity (Wildman–Crippen MR) is 63.5 cm³/mol. The largest absolute Gasteiger partial charge is 0.354 e. The number of nitrogens with one attached hydrogen (secondary N) is 1. The van der Waals surface area contributed by atoms with Crippen molar-refractivity contribution >= 4 is 16.1 Å². The van der Waals surface area contributed by atoms with Crippen LogP contribution in [-0.4, -0.2) is 55.7 Å². The first kappa shape index (κ1) is 12.8. The van der Waals surface area contributed by atoms with Gasteiger partial charge in [0.25, 0.3) is 10.2 Å². The van der Waals surface area contributed by atoms with Crippen LogP contribution < -0.4 is 5.32 Å². The van der Waals surface area contributed by atoms with Crippen LogP contribution in [0.3, 0.4) is 0 Å². The number of piperazine rings is 1. The third-order valence-electron chi connectivity index (χ3n) is 3.28. The lowest BCUT2D eigenvalue weighted by Gasteiger charge is -2.35. The van der Waals surface area contributed by atoms with E-state index >= 15 is 0 Å². The minimum absolute atomic E-state index is 0.0484. The monoisotopic (exact) mass is 261 g/mol. The van der Waals surface area contributed by atoms with Crippen LogP contribution >= 0.6 is 0 Å². The summed E-state index contributed by atoms with van der Waals surface area (Å²) in [5.74, 6) is 0.182. The maximum Gasteiger partial charge on any atom is 0.282 e. The van der Waals surface area contributed by atoms with Gasteiger partial charge in [-0.2, -0.15) is 17.0 Å². The van der Waals surface area contributed by atoms with Crippen molar-refractivity contribution in [2.45, 2.75) is 19.8 Å². The van der Waals surface area contributed by atoms with Crippen molar-refractivity contribution in [2.75, 3.05) is 32.7 Å². The molecule has 6 nitrogen and oxygen atoms in total. The molecule has 1 atom stereocenters. The summed E-state index contributed by atoms with van der Waals surface area (Å²) < 4.78 is 27.4. The first-order valence-corrected chi connectivity index (χ1v) is 7.42.